The summed E-state index contributed by atoms with van der Waals surface area (Å²) in [6, 6.07) is 1.08. The van der Waals surface area contributed by atoms with Crippen LogP contribution in [-0.4, -0.2) is 50.9 Å². The van der Waals surface area contributed by atoms with Crippen molar-refractivity contribution in [2.24, 2.45) is 4.99 Å². The van der Waals surface area contributed by atoms with Crippen molar-refractivity contribution in [1.29, 1.82) is 0 Å². The van der Waals surface area contributed by atoms with Crippen LogP contribution >= 0.6 is 0 Å². The molecule has 11 heteroatoms. The average molecular weight is 396 g/mol. The van der Waals surface area contributed by atoms with E-state index >= 15 is 0 Å². The normalized spacial score (nSPS) is 13.4. The summed E-state index contributed by atoms with van der Waals surface area (Å²) in [6.45, 7) is 3.88. The van der Waals surface area contributed by atoms with Gasteiger partial charge >= 0.3 is 18.1 Å². The number of hydrogen-bond acceptors (Lipinski definition) is 6. The predicted octanol–water partition coefficient (Wildman–Crippen LogP) is 2.24. The van der Waals surface area contributed by atoms with Crippen LogP contribution in [0.15, 0.2) is 17.1 Å². The Balaban J connectivity index is 2.21. The van der Waals surface area contributed by atoms with E-state index in [2.05, 4.69) is 20.4 Å². The highest BCUT2D eigenvalue weighted by Gasteiger charge is 2.27. The van der Waals surface area contributed by atoms with E-state index in [-0.39, 0.29) is 30.6 Å². The Bertz CT molecular complexity index is 798. The summed E-state index contributed by atoms with van der Waals surface area (Å²) in [4.78, 5) is 40.3. The van der Waals surface area contributed by atoms with Crippen molar-refractivity contribution >= 4 is 35.4 Å². The van der Waals surface area contributed by atoms with Gasteiger partial charge in [-0.1, -0.05) is 6.92 Å². The van der Waals surface area contributed by atoms with Crippen LogP contribution in [-0.2, 0) is 14.3 Å². The van der Waals surface area contributed by atoms with E-state index in [9.17, 15) is 18.8 Å². The monoisotopic (exact) mass is 396 g/mol. The fourth-order valence-electron chi connectivity index (χ4n) is 2.40. The summed E-state index contributed by atoms with van der Waals surface area (Å²) in [6.07, 6.45) is -0.289. The van der Waals surface area contributed by atoms with Crippen LogP contribution in [0.25, 0.3) is 0 Å². The highest BCUT2D eigenvalue weighted by Crippen LogP contribution is 2.36. The second-order valence-corrected chi connectivity index (χ2v) is 5.53. The highest BCUT2D eigenvalue weighted by atomic mass is 19.1. The summed E-state index contributed by atoms with van der Waals surface area (Å²) in [5, 5.41) is 4.47. The van der Waals surface area contributed by atoms with Crippen molar-refractivity contribution in [1.82, 2.24) is 5.32 Å². The van der Waals surface area contributed by atoms with Gasteiger partial charge in [-0.3, -0.25) is 10.1 Å². The van der Waals surface area contributed by atoms with Gasteiger partial charge in [-0.25, -0.2) is 14.0 Å². The minimum atomic E-state index is -0.977. The van der Waals surface area contributed by atoms with Gasteiger partial charge in [0.1, 0.15) is 5.75 Å². The molecule has 0 spiro atoms. The molecule has 0 aliphatic carbocycles. The molecule has 1 aromatic rings. The van der Waals surface area contributed by atoms with Crippen molar-refractivity contribution in [3.8, 4) is 5.75 Å². The number of fused-ring (bicyclic) bond motifs is 1. The Hall–Kier alpha value is -3.37. The van der Waals surface area contributed by atoms with E-state index < -0.39 is 24.0 Å². The fraction of sp³-hybridized carbons (Fsp3) is 0.412. The zero-order chi connectivity index (χ0) is 20.7. The molecule has 2 rings (SSSR count). The number of benzene rings is 1. The first-order valence-corrected chi connectivity index (χ1v) is 8.53. The van der Waals surface area contributed by atoms with Crippen molar-refractivity contribution in [2.45, 2.75) is 20.3 Å². The zero-order valence-corrected chi connectivity index (χ0v) is 15.7. The smallest absolute Gasteiger partial charge is 0.437 e. The third-order valence-electron chi connectivity index (χ3n) is 3.56. The Morgan fingerprint density at radius 2 is 2.11 bits per heavy atom. The SMILES string of the molecule is CCCN1C(=O)COc2cc(F)c(NC(=O)NC(=NC(=O)OC)OCC)cc21. The molecule has 0 saturated carbocycles. The molecule has 1 aliphatic heterocycles. The molecule has 0 radical (unpaired) electrons. The number of amidine groups is 1. The molecule has 1 heterocycles. The molecule has 0 unspecified atom stereocenters. The molecule has 0 atom stereocenters. The minimum Gasteiger partial charge on any atom is -0.481 e. The third kappa shape index (κ3) is 5.09. The average Bonchev–Trinajstić information content (AvgIpc) is 2.65. The summed E-state index contributed by atoms with van der Waals surface area (Å²) in [5.74, 6) is -0.818. The number of hydrogen-bond donors (Lipinski definition) is 2. The topological polar surface area (TPSA) is 119 Å². The van der Waals surface area contributed by atoms with Crippen LogP contribution in [0.1, 0.15) is 20.3 Å². The van der Waals surface area contributed by atoms with Crippen LogP contribution in [0.4, 0.5) is 25.4 Å². The Kier molecular flexibility index (Phi) is 7.13. The van der Waals surface area contributed by atoms with E-state index in [4.69, 9.17) is 9.47 Å². The minimum absolute atomic E-state index is 0.120. The number of anilines is 2. The highest BCUT2D eigenvalue weighted by molar-refractivity contribution is 6.04. The molecule has 2 N–H and O–H groups in total. The standard InChI is InChI=1S/C17H21FN4O6/c1-4-6-22-12-8-11(10(18)7-13(12)28-9-14(22)23)19-15(24)20-16(27-5-2)21-17(25)26-3/h7-8H,4-6,9H2,1-3H3,(H2,19,20,21,24,25). The van der Waals surface area contributed by atoms with Crippen LogP contribution in [0.2, 0.25) is 0 Å². The van der Waals surface area contributed by atoms with Gasteiger partial charge in [0.15, 0.2) is 12.4 Å². The van der Waals surface area contributed by atoms with Crippen LogP contribution < -0.4 is 20.3 Å². The number of aliphatic imine (C=N–C) groups is 1. The molecular formula is C17H21FN4O6. The number of halogens is 1. The van der Waals surface area contributed by atoms with Gasteiger partial charge in [0, 0.05) is 12.6 Å². The Labute approximate surface area is 160 Å². The predicted molar refractivity (Wildman–Crippen MR) is 98.2 cm³/mol. The molecule has 1 aliphatic rings. The number of carbonyl (C=O) groups is 3. The summed E-state index contributed by atoms with van der Waals surface area (Å²) >= 11 is 0. The first kappa shape index (κ1) is 20.9. The number of urea groups is 1. The van der Waals surface area contributed by atoms with Crippen LogP contribution in [0, 0.1) is 5.82 Å². The number of nitrogens with one attached hydrogen (secondary N) is 2. The summed E-state index contributed by atoms with van der Waals surface area (Å²) < 4.78 is 29.0. The number of amides is 4. The van der Waals surface area contributed by atoms with Gasteiger partial charge in [-0.05, 0) is 19.4 Å². The first-order chi connectivity index (χ1) is 13.4. The molecular weight excluding hydrogens is 375 g/mol. The van der Waals surface area contributed by atoms with Gasteiger partial charge < -0.3 is 24.4 Å². The molecule has 0 bridgehead atoms. The van der Waals surface area contributed by atoms with E-state index in [0.717, 1.165) is 13.2 Å². The second kappa shape index (κ2) is 9.53. The summed E-state index contributed by atoms with van der Waals surface area (Å²) in [7, 11) is 1.11. The van der Waals surface area contributed by atoms with Gasteiger partial charge in [0.2, 0.25) is 0 Å². The molecule has 4 amide bonds. The fourth-order valence-corrected chi connectivity index (χ4v) is 2.40. The van der Waals surface area contributed by atoms with E-state index in [0.29, 0.717) is 18.7 Å². The number of carbonyl (C=O) groups excluding carboxylic acids is 3. The van der Waals surface area contributed by atoms with E-state index in [1.807, 2.05) is 6.92 Å². The van der Waals surface area contributed by atoms with Gasteiger partial charge in [0.25, 0.3) is 5.91 Å². The van der Waals surface area contributed by atoms with E-state index in [1.165, 1.54) is 11.0 Å². The number of nitrogens with zero attached hydrogens (tertiary/aromatic N) is 2. The number of ether oxygens (including phenoxy) is 3. The van der Waals surface area contributed by atoms with Gasteiger partial charge in [-0.15, -0.1) is 4.99 Å². The summed E-state index contributed by atoms with van der Waals surface area (Å²) in [5.41, 5.74) is 0.160. The molecule has 0 saturated heterocycles. The largest absolute Gasteiger partial charge is 0.481 e. The lowest BCUT2D eigenvalue weighted by molar-refractivity contribution is -0.121. The maximum Gasteiger partial charge on any atom is 0.437 e. The van der Waals surface area contributed by atoms with Gasteiger partial charge in [0.05, 0.1) is 25.1 Å². The lowest BCUT2D eigenvalue weighted by atomic mass is 10.2. The third-order valence-corrected chi connectivity index (χ3v) is 3.56. The Morgan fingerprint density at radius 1 is 1.36 bits per heavy atom. The lowest BCUT2D eigenvalue weighted by Crippen LogP contribution is -2.39. The molecule has 1 aromatic carbocycles. The number of methoxy groups -OCH3 is 1. The van der Waals surface area contributed by atoms with Crippen molar-refractivity contribution in [3.05, 3.63) is 17.9 Å². The van der Waals surface area contributed by atoms with Crippen LogP contribution in [0.5, 0.6) is 5.75 Å². The maximum absolute atomic E-state index is 14.3. The lowest BCUT2D eigenvalue weighted by Gasteiger charge is -2.29. The molecule has 0 aromatic heterocycles. The van der Waals surface area contributed by atoms with Crippen molar-refractivity contribution in [3.63, 3.8) is 0 Å². The zero-order valence-electron chi connectivity index (χ0n) is 15.7. The second-order valence-electron chi connectivity index (χ2n) is 5.53. The van der Waals surface area contributed by atoms with Crippen LogP contribution in [0.3, 0.4) is 0 Å². The molecule has 152 valence electrons. The quantitative estimate of drug-likeness (QED) is 0.595. The maximum atomic E-state index is 14.3. The Morgan fingerprint density at radius 3 is 2.75 bits per heavy atom. The van der Waals surface area contributed by atoms with Crippen molar-refractivity contribution in [2.75, 3.05) is 37.1 Å². The molecule has 28 heavy (non-hydrogen) atoms. The molecule has 0 fully saturated rings. The first-order valence-electron chi connectivity index (χ1n) is 8.53. The number of rotatable bonds is 4. The van der Waals surface area contributed by atoms with Gasteiger partial charge in [-0.2, -0.15) is 0 Å². The molecule has 10 nitrogen and oxygen atoms in total. The van der Waals surface area contributed by atoms with Crippen molar-refractivity contribution < 1.29 is 33.0 Å². The van der Waals surface area contributed by atoms with E-state index in [1.54, 1.807) is 6.92 Å².